The van der Waals surface area contributed by atoms with Crippen LogP contribution in [0.3, 0.4) is 0 Å². The van der Waals surface area contributed by atoms with Gasteiger partial charge in [-0.3, -0.25) is 4.79 Å². The molecule has 1 fully saturated rings. The minimum Gasteiger partial charge on any atom is -0.493 e. The molecule has 3 aromatic rings. The van der Waals surface area contributed by atoms with E-state index in [-0.39, 0.29) is 5.91 Å². The molecule has 0 unspecified atom stereocenters. The van der Waals surface area contributed by atoms with Gasteiger partial charge in [-0.15, -0.1) is 0 Å². The Morgan fingerprint density at radius 3 is 2.19 bits per heavy atom. The zero-order chi connectivity index (χ0) is 22.3. The van der Waals surface area contributed by atoms with Gasteiger partial charge in [-0.05, 0) is 42.7 Å². The molecule has 32 heavy (non-hydrogen) atoms. The molecule has 1 aliphatic rings. The Kier molecular flexibility index (Phi) is 6.80. The number of ether oxygens (including phenoxy) is 3. The van der Waals surface area contributed by atoms with Gasteiger partial charge in [-0.2, -0.15) is 0 Å². The highest BCUT2D eigenvalue weighted by molar-refractivity contribution is 6.06. The molecule has 0 bridgehead atoms. The van der Waals surface area contributed by atoms with Crippen LogP contribution in [0.15, 0.2) is 66.7 Å². The summed E-state index contributed by atoms with van der Waals surface area (Å²) in [5.74, 6) is 1.12. The summed E-state index contributed by atoms with van der Waals surface area (Å²) < 4.78 is 17.0. The molecule has 0 aromatic heterocycles. The summed E-state index contributed by atoms with van der Waals surface area (Å²) in [6.45, 7) is 2.37. The third-order valence-corrected chi connectivity index (χ3v) is 5.55. The molecule has 6 heteroatoms. The third kappa shape index (κ3) is 4.80. The van der Waals surface area contributed by atoms with Gasteiger partial charge in [0.1, 0.15) is 6.61 Å². The van der Waals surface area contributed by atoms with E-state index in [2.05, 4.69) is 10.2 Å². The Morgan fingerprint density at radius 2 is 1.53 bits per heavy atom. The van der Waals surface area contributed by atoms with Crippen molar-refractivity contribution < 1.29 is 19.0 Å². The van der Waals surface area contributed by atoms with Gasteiger partial charge in [0, 0.05) is 18.7 Å². The summed E-state index contributed by atoms with van der Waals surface area (Å²) >= 11 is 0. The molecule has 166 valence electrons. The SMILES string of the molecule is COc1cc(C(=O)Nc2ccccc2N2CCCC2)cc(OC)c1OCc1ccccc1. The maximum atomic E-state index is 13.1. The second-order valence-electron chi connectivity index (χ2n) is 7.65. The van der Waals surface area contributed by atoms with Crippen LogP contribution in [0.25, 0.3) is 0 Å². The third-order valence-electron chi connectivity index (χ3n) is 5.55. The molecule has 1 aliphatic heterocycles. The van der Waals surface area contributed by atoms with E-state index in [4.69, 9.17) is 14.2 Å². The molecule has 0 radical (unpaired) electrons. The van der Waals surface area contributed by atoms with E-state index in [1.807, 2.05) is 54.6 Å². The maximum Gasteiger partial charge on any atom is 0.255 e. The number of rotatable bonds is 8. The smallest absolute Gasteiger partial charge is 0.255 e. The lowest BCUT2D eigenvalue weighted by Gasteiger charge is -2.22. The molecule has 6 nitrogen and oxygen atoms in total. The van der Waals surface area contributed by atoms with Crippen LogP contribution in [-0.4, -0.2) is 33.2 Å². The number of hydrogen-bond acceptors (Lipinski definition) is 5. The predicted octanol–water partition coefficient (Wildman–Crippen LogP) is 5.14. The molecule has 0 saturated carbocycles. The minimum atomic E-state index is -0.233. The first kappa shape index (κ1) is 21.6. The lowest BCUT2D eigenvalue weighted by molar-refractivity contribution is 0.102. The number of benzene rings is 3. The van der Waals surface area contributed by atoms with Crippen LogP contribution in [0.5, 0.6) is 17.2 Å². The van der Waals surface area contributed by atoms with Crippen molar-refractivity contribution in [3.8, 4) is 17.2 Å². The highest BCUT2D eigenvalue weighted by Crippen LogP contribution is 2.39. The Morgan fingerprint density at radius 1 is 0.906 bits per heavy atom. The normalized spacial score (nSPS) is 13.0. The summed E-state index contributed by atoms with van der Waals surface area (Å²) in [6, 6.07) is 21.1. The van der Waals surface area contributed by atoms with Crippen molar-refractivity contribution in [2.45, 2.75) is 19.4 Å². The molecule has 1 heterocycles. The minimum absolute atomic E-state index is 0.233. The largest absolute Gasteiger partial charge is 0.493 e. The molecule has 0 aliphatic carbocycles. The van der Waals surface area contributed by atoms with Crippen molar-refractivity contribution in [3.63, 3.8) is 0 Å². The van der Waals surface area contributed by atoms with E-state index in [9.17, 15) is 4.79 Å². The average molecular weight is 433 g/mol. The molecule has 0 spiro atoms. The fourth-order valence-corrected chi connectivity index (χ4v) is 3.89. The number of para-hydroxylation sites is 2. The highest BCUT2D eigenvalue weighted by atomic mass is 16.5. The molecule has 0 atom stereocenters. The van der Waals surface area contributed by atoms with Crippen LogP contribution in [0.2, 0.25) is 0 Å². The molecule has 1 saturated heterocycles. The summed E-state index contributed by atoms with van der Waals surface area (Å²) in [7, 11) is 3.10. The van der Waals surface area contributed by atoms with Gasteiger partial charge in [-0.1, -0.05) is 42.5 Å². The lowest BCUT2D eigenvalue weighted by atomic mass is 10.1. The number of anilines is 2. The van der Waals surface area contributed by atoms with Crippen molar-refractivity contribution in [3.05, 3.63) is 77.9 Å². The molecule has 1 amide bonds. The van der Waals surface area contributed by atoms with Gasteiger partial charge in [0.15, 0.2) is 11.5 Å². The van der Waals surface area contributed by atoms with Gasteiger partial charge in [0.2, 0.25) is 5.75 Å². The molecular formula is C26H28N2O4. The summed E-state index contributed by atoms with van der Waals surface area (Å²) in [6.07, 6.45) is 2.34. The number of nitrogens with one attached hydrogen (secondary N) is 1. The topological polar surface area (TPSA) is 60.0 Å². The van der Waals surface area contributed by atoms with E-state index in [0.29, 0.717) is 29.4 Å². The first-order valence-corrected chi connectivity index (χ1v) is 10.8. The zero-order valence-corrected chi connectivity index (χ0v) is 18.5. The Bertz CT molecular complexity index is 1040. The van der Waals surface area contributed by atoms with E-state index >= 15 is 0 Å². The predicted molar refractivity (Wildman–Crippen MR) is 126 cm³/mol. The van der Waals surface area contributed by atoms with Crippen LogP contribution in [0.1, 0.15) is 28.8 Å². The van der Waals surface area contributed by atoms with Gasteiger partial charge in [-0.25, -0.2) is 0 Å². The van der Waals surface area contributed by atoms with Crippen molar-refractivity contribution in [1.29, 1.82) is 0 Å². The van der Waals surface area contributed by atoms with Crippen molar-refractivity contribution in [1.82, 2.24) is 0 Å². The van der Waals surface area contributed by atoms with Crippen LogP contribution < -0.4 is 24.4 Å². The van der Waals surface area contributed by atoms with Crippen LogP contribution in [0.4, 0.5) is 11.4 Å². The number of carbonyl (C=O) groups is 1. The van der Waals surface area contributed by atoms with Gasteiger partial charge in [0.05, 0.1) is 25.6 Å². The van der Waals surface area contributed by atoms with E-state index in [1.54, 1.807) is 26.4 Å². The summed E-state index contributed by atoms with van der Waals surface area (Å²) in [5.41, 5.74) is 3.29. The van der Waals surface area contributed by atoms with E-state index < -0.39 is 0 Å². The van der Waals surface area contributed by atoms with E-state index in [0.717, 1.165) is 30.0 Å². The number of amides is 1. The quantitative estimate of drug-likeness (QED) is 0.534. The molecule has 4 rings (SSSR count). The van der Waals surface area contributed by atoms with E-state index in [1.165, 1.54) is 12.8 Å². The highest BCUT2D eigenvalue weighted by Gasteiger charge is 2.20. The first-order chi connectivity index (χ1) is 15.7. The Balaban J connectivity index is 1.57. The van der Waals surface area contributed by atoms with Crippen molar-refractivity contribution in [2.75, 3.05) is 37.5 Å². The van der Waals surface area contributed by atoms with Crippen LogP contribution in [-0.2, 0) is 6.61 Å². The fraction of sp³-hybridized carbons (Fsp3) is 0.269. The lowest BCUT2D eigenvalue weighted by Crippen LogP contribution is -2.21. The zero-order valence-electron chi connectivity index (χ0n) is 18.5. The standard InChI is InChI=1S/C26H28N2O4/c1-30-23-16-20(17-24(31-2)25(23)32-18-19-10-4-3-5-11-19)26(29)27-21-12-6-7-13-22(21)28-14-8-9-15-28/h3-7,10-13,16-17H,8-9,14-15,18H2,1-2H3,(H,27,29). The van der Waals surface area contributed by atoms with Gasteiger partial charge in [0.25, 0.3) is 5.91 Å². The number of carbonyl (C=O) groups excluding carboxylic acids is 1. The first-order valence-electron chi connectivity index (χ1n) is 10.8. The van der Waals surface area contributed by atoms with Crippen molar-refractivity contribution >= 4 is 17.3 Å². The molecule has 3 aromatic carbocycles. The van der Waals surface area contributed by atoms with Crippen molar-refractivity contribution in [2.24, 2.45) is 0 Å². The van der Waals surface area contributed by atoms with Gasteiger partial charge >= 0.3 is 0 Å². The number of nitrogens with zero attached hydrogens (tertiary/aromatic N) is 1. The van der Waals surface area contributed by atoms with Crippen LogP contribution in [0, 0.1) is 0 Å². The fourth-order valence-electron chi connectivity index (χ4n) is 3.89. The molecule has 1 N–H and O–H groups in total. The number of methoxy groups -OCH3 is 2. The average Bonchev–Trinajstić information content (AvgIpc) is 3.38. The summed E-state index contributed by atoms with van der Waals surface area (Å²) in [5, 5.41) is 3.05. The second-order valence-corrected chi connectivity index (χ2v) is 7.65. The second kappa shape index (κ2) is 10.1. The maximum absolute atomic E-state index is 13.1. The van der Waals surface area contributed by atoms with Crippen LogP contribution >= 0.6 is 0 Å². The Labute approximate surface area is 188 Å². The summed E-state index contributed by atoms with van der Waals surface area (Å²) in [4.78, 5) is 15.4. The molecular weight excluding hydrogens is 404 g/mol. The number of hydrogen-bond donors (Lipinski definition) is 1. The van der Waals surface area contributed by atoms with Gasteiger partial charge < -0.3 is 24.4 Å². The monoisotopic (exact) mass is 432 g/mol. The Hall–Kier alpha value is -3.67.